The van der Waals surface area contributed by atoms with Crippen LogP contribution in [0.25, 0.3) is 0 Å². The Morgan fingerprint density at radius 1 is 1.09 bits per heavy atom. The molecule has 0 atom stereocenters. The van der Waals surface area contributed by atoms with Crippen molar-refractivity contribution in [3.05, 3.63) is 53.7 Å². The fraction of sp³-hybridized carbons (Fsp3) is 0.368. The summed E-state index contributed by atoms with van der Waals surface area (Å²) >= 11 is 0. The Morgan fingerprint density at radius 3 is 2.78 bits per heavy atom. The van der Waals surface area contributed by atoms with Crippen molar-refractivity contribution in [2.75, 3.05) is 11.4 Å². The highest BCUT2D eigenvalue weighted by atomic mass is 16.1. The molecule has 1 amide bonds. The molecule has 1 aromatic carbocycles. The van der Waals surface area contributed by atoms with Gasteiger partial charge in [0.25, 0.3) is 5.91 Å². The lowest BCUT2D eigenvalue weighted by Gasteiger charge is -2.19. The summed E-state index contributed by atoms with van der Waals surface area (Å²) in [6, 6.07) is 14.4. The second kappa shape index (κ2) is 6.03. The average molecular weight is 307 g/mol. The quantitative estimate of drug-likeness (QED) is 0.944. The first kappa shape index (κ1) is 14.2. The third-order valence-corrected chi connectivity index (χ3v) is 4.82. The zero-order valence-corrected chi connectivity index (χ0v) is 13.2. The summed E-state index contributed by atoms with van der Waals surface area (Å²) in [6.45, 7) is 0.917. The molecule has 1 fully saturated rings. The van der Waals surface area contributed by atoms with Gasteiger partial charge in [-0.2, -0.15) is 0 Å². The lowest BCUT2D eigenvalue weighted by Crippen LogP contribution is -2.33. The van der Waals surface area contributed by atoms with Crippen molar-refractivity contribution >= 4 is 17.4 Å². The second-order valence-electron chi connectivity index (χ2n) is 6.37. The van der Waals surface area contributed by atoms with Crippen molar-refractivity contribution < 1.29 is 4.79 Å². The summed E-state index contributed by atoms with van der Waals surface area (Å²) < 4.78 is 0. The molecule has 0 unspecified atom stereocenters. The standard InChI is InChI=1S/C19H21N3O/c23-19(20-15-7-2-3-8-15)16-9-5-11-18(21-16)22-13-12-14-6-1-4-10-17(14)22/h1,4-6,9-11,15H,2-3,7-8,12-13H2,(H,20,23). The summed E-state index contributed by atoms with van der Waals surface area (Å²) in [5.41, 5.74) is 3.06. The molecule has 4 rings (SSSR count). The van der Waals surface area contributed by atoms with Gasteiger partial charge < -0.3 is 10.2 Å². The molecule has 1 aromatic heterocycles. The number of nitrogens with zero attached hydrogens (tertiary/aromatic N) is 2. The van der Waals surface area contributed by atoms with Crippen molar-refractivity contribution in [1.29, 1.82) is 0 Å². The number of benzene rings is 1. The highest BCUT2D eigenvalue weighted by Crippen LogP contribution is 2.33. The van der Waals surface area contributed by atoms with Crippen LogP contribution < -0.4 is 10.2 Å². The summed E-state index contributed by atoms with van der Waals surface area (Å²) in [5, 5.41) is 3.11. The lowest BCUT2D eigenvalue weighted by molar-refractivity contribution is 0.0933. The van der Waals surface area contributed by atoms with Gasteiger partial charge in [-0.25, -0.2) is 4.98 Å². The van der Waals surface area contributed by atoms with Gasteiger partial charge in [-0.1, -0.05) is 37.1 Å². The van der Waals surface area contributed by atoms with Crippen LogP contribution in [0.3, 0.4) is 0 Å². The van der Waals surface area contributed by atoms with Crippen molar-refractivity contribution in [2.45, 2.75) is 38.1 Å². The van der Waals surface area contributed by atoms with E-state index in [0.29, 0.717) is 11.7 Å². The Morgan fingerprint density at radius 2 is 1.91 bits per heavy atom. The maximum absolute atomic E-state index is 12.4. The molecule has 0 saturated heterocycles. The van der Waals surface area contributed by atoms with Gasteiger partial charge in [0.05, 0.1) is 0 Å². The molecular formula is C19H21N3O. The Balaban J connectivity index is 1.56. The zero-order chi connectivity index (χ0) is 15.6. The van der Waals surface area contributed by atoms with Gasteiger partial charge in [0.2, 0.25) is 0 Å². The molecule has 0 radical (unpaired) electrons. The predicted octanol–water partition coefficient (Wildman–Crippen LogP) is 3.45. The van der Waals surface area contributed by atoms with Crippen LogP contribution in [0, 0.1) is 0 Å². The molecule has 0 bridgehead atoms. The number of rotatable bonds is 3. The number of carbonyl (C=O) groups excluding carboxylic acids is 1. The Bertz CT molecular complexity index is 722. The molecule has 1 aliphatic carbocycles. The number of hydrogen-bond donors (Lipinski definition) is 1. The molecule has 4 heteroatoms. The normalized spacial score (nSPS) is 17.3. The first-order chi connectivity index (χ1) is 11.3. The largest absolute Gasteiger partial charge is 0.348 e. The summed E-state index contributed by atoms with van der Waals surface area (Å²) in [4.78, 5) is 19.2. The van der Waals surface area contributed by atoms with Crippen LogP contribution >= 0.6 is 0 Å². The van der Waals surface area contributed by atoms with Gasteiger partial charge in [-0.15, -0.1) is 0 Å². The smallest absolute Gasteiger partial charge is 0.270 e. The average Bonchev–Trinajstić information content (AvgIpc) is 3.24. The third kappa shape index (κ3) is 2.81. The maximum atomic E-state index is 12.4. The van der Waals surface area contributed by atoms with Gasteiger partial charge in [-0.05, 0) is 43.0 Å². The van der Waals surface area contributed by atoms with E-state index in [1.807, 2.05) is 18.2 Å². The minimum absolute atomic E-state index is 0.0498. The van der Waals surface area contributed by atoms with Crippen LogP contribution in [0.1, 0.15) is 41.7 Å². The molecule has 23 heavy (non-hydrogen) atoms. The third-order valence-electron chi connectivity index (χ3n) is 4.82. The van der Waals surface area contributed by atoms with Gasteiger partial charge >= 0.3 is 0 Å². The molecule has 118 valence electrons. The molecule has 2 aliphatic rings. The van der Waals surface area contributed by atoms with E-state index in [0.717, 1.165) is 31.6 Å². The number of hydrogen-bond acceptors (Lipinski definition) is 3. The van der Waals surface area contributed by atoms with E-state index in [1.165, 1.54) is 24.1 Å². The van der Waals surface area contributed by atoms with Gasteiger partial charge in [-0.3, -0.25) is 4.79 Å². The topological polar surface area (TPSA) is 45.2 Å². The molecule has 1 saturated carbocycles. The minimum Gasteiger partial charge on any atom is -0.348 e. The van der Waals surface area contributed by atoms with Gasteiger partial charge in [0, 0.05) is 18.3 Å². The van der Waals surface area contributed by atoms with Crippen LogP contribution in [0.5, 0.6) is 0 Å². The number of pyridine rings is 1. The molecule has 2 heterocycles. The fourth-order valence-corrected chi connectivity index (χ4v) is 3.61. The van der Waals surface area contributed by atoms with E-state index in [-0.39, 0.29) is 5.91 Å². The maximum Gasteiger partial charge on any atom is 0.270 e. The van der Waals surface area contributed by atoms with E-state index in [9.17, 15) is 4.79 Å². The number of aromatic nitrogens is 1. The van der Waals surface area contributed by atoms with Gasteiger partial charge in [0.15, 0.2) is 0 Å². The van der Waals surface area contributed by atoms with Crippen LogP contribution in [0.15, 0.2) is 42.5 Å². The minimum atomic E-state index is -0.0498. The zero-order valence-electron chi connectivity index (χ0n) is 13.2. The van der Waals surface area contributed by atoms with Crippen LogP contribution in [-0.4, -0.2) is 23.5 Å². The molecule has 1 N–H and O–H groups in total. The van der Waals surface area contributed by atoms with Crippen LogP contribution in [0.4, 0.5) is 11.5 Å². The Kier molecular flexibility index (Phi) is 3.74. The van der Waals surface area contributed by atoms with E-state index in [1.54, 1.807) is 6.07 Å². The second-order valence-corrected chi connectivity index (χ2v) is 6.37. The van der Waals surface area contributed by atoms with E-state index >= 15 is 0 Å². The van der Waals surface area contributed by atoms with Crippen molar-refractivity contribution in [2.24, 2.45) is 0 Å². The highest BCUT2D eigenvalue weighted by Gasteiger charge is 2.22. The monoisotopic (exact) mass is 307 g/mol. The first-order valence-electron chi connectivity index (χ1n) is 8.44. The SMILES string of the molecule is O=C(NC1CCCC1)c1cccc(N2CCc3ccccc32)n1. The summed E-state index contributed by atoms with van der Waals surface area (Å²) in [6.07, 6.45) is 5.62. The number of para-hydroxylation sites is 1. The Labute approximate surface area is 136 Å². The first-order valence-corrected chi connectivity index (χ1v) is 8.44. The van der Waals surface area contributed by atoms with E-state index < -0.39 is 0 Å². The molecule has 2 aromatic rings. The molecule has 0 spiro atoms. The summed E-state index contributed by atoms with van der Waals surface area (Å²) in [5.74, 6) is 0.806. The van der Waals surface area contributed by atoms with E-state index in [4.69, 9.17) is 0 Å². The number of amides is 1. The number of fused-ring (bicyclic) bond motifs is 1. The van der Waals surface area contributed by atoms with E-state index in [2.05, 4.69) is 33.4 Å². The molecular weight excluding hydrogens is 286 g/mol. The fourth-order valence-electron chi connectivity index (χ4n) is 3.61. The highest BCUT2D eigenvalue weighted by molar-refractivity contribution is 5.93. The van der Waals surface area contributed by atoms with Crippen molar-refractivity contribution in [1.82, 2.24) is 10.3 Å². The van der Waals surface area contributed by atoms with Crippen LogP contribution in [0.2, 0.25) is 0 Å². The lowest BCUT2D eigenvalue weighted by atomic mass is 10.2. The summed E-state index contributed by atoms with van der Waals surface area (Å²) in [7, 11) is 0. The number of anilines is 2. The van der Waals surface area contributed by atoms with Crippen molar-refractivity contribution in [3.63, 3.8) is 0 Å². The number of carbonyl (C=O) groups is 1. The Hall–Kier alpha value is -2.36. The van der Waals surface area contributed by atoms with Crippen molar-refractivity contribution in [3.8, 4) is 0 Å². The predicted molar refractivity (Wildman–Crippen MR) is 91.1 cm³/mol. The molecule has 4 nitrogen and oxygen atoms in total. The molecule has 1 aliphatic heterocycles. The van der Waals surface area contributed by atoms with Crippen LogP contribution in [-0.2, 0) is 6.42 Å². The van der Waals surface area contributed by atoms with Gasteiger partial charge in [0.1, 0.15) is 11.5 Å². The number of nitrogens with one attached hydrogen (secondary N) is 1.